The second-order valence-electron chi connectivity index (χ2n) is 3.46. The van der Waals surface area contributed by atoms with E-state index in [-0.39, 0.29) is 0 Å². The highest BCUT2D eigenvalue weighted by atomic mass is 19.1. The van der Waals surface area contributed by atoms with Crippen LogP contribution in [0.1, 0.15) is 12.8 Å². The lowest BCUT2D eigenvalue weighted by atomic mass is 10.1. The fourth-order valence-corrected chi connectivity index (χ4v) is 1.61. The van der Waals surface area contributed by atoms with Crippen molar-refractivity contribution in [3.63, 3.8) is 0 Å². The number of nitrogen functional groups attached to an aromatic ring is 1. The minimum atomic E-state index is -0.662. The standard InChI is InChI=1S/C9H13FN4/c10-7-1-3-14(4-2-7)9-5-8(11)12-6-13-9/h5-7H,1-4H2,(H2,11,12,13). The van der Waals surface area contributed by atoms with Crippen molar-refractivity contribution in [2.45, 2.75) is 19.0 Å². The average Bonchev–Trinajstić information content (AvgIpc) is 2.19. The van der Waals surface area contributed by atoms with Crippen LogP contribution < -0.4 is 10.6 Å². The van der Waals surface area contributed by atoms with Crippen LogP contribution in [0.15, 0.2) is 12.4 Å². The Balaban J connectivity index is 2.08. The molecule has 0 bridgehead atoms. The Kier molecular flexibility index (Phi) is 2.47. The van der Waals surface area contributed by atoms with Gasteiger partial charge in [-0.3, -0.25) is 0 Å². The molecular formula is C9H13FN4. The van der Waals surface area contributed by atoms with Gasteiger partial charge in [0.05, 0.1) is 0 Å². The van der Waals surface area contributed by atoms with Crippen molar-refractivity contribution in [3.8, 4) is 0 Å². The molecule has 14 heavy (non-hydrogen) atoms. The van der Waals surface area contributed by atoms with Gasteiger partial charge in [0.15, 0.2) is 0 Å². The summed E-state index contributed by atoms with van der Waals surface area (Å²) in [7, 11) is 0. The molecule has 1 aliphatic rings. The van der Waals surface area contributed by atoms with E-state index in [0.29, 0.717) is 31.7 Å². The summed E-state index contributed by atoms with van der Waals surface area (Å²) in [4.78, 5) is 9.95. The Hall–Kier alpha value is -1.39. The van der Waals surface area contributed by atoms with E-state index < -0.39 is 6.17 Å². The van der Waals surface area contributed by atoms with Gasteiger partial charge in [0, 0.05) is 19.2 Å². The van der Waals surface area contributed by atoms with E-state index in [1.165, 1.54) is 6.33 Å². The van der Waals surface area contributed by atoms with Gasteiger partial charge in [0.25, 0.3) is 0 Å². The van der Waals surface area contributed by atoms with Gasteiger partial charge in [0.2, 0.25) is 0 Å². The molecule has 0 aromatic carbocycles. The third-order valence-electron chi connectivity index (χ3n) is 2.42. The summed E-state index contributed by atoms with van der Waals surface area (Å²) < 4.78 is 12.9. The average molecular weight is 196 g/mol. The van der Waals surface area contributed by atoms with Crippen molar-refractivity contribution in [2.75, 3.05) is 23.7 Å². The maximum atomic E-state index is 12.9. The van der Waals surface area contributed by atoms with Crippen LogP contribution in [0.25, 0.3) is 0 Å². The number of rotatable bonds is 1. The highest BCUT2D eigenvalue weighted by Crippen LogP contribution is 2.19. The second kappa shape index (κ2) is 3.77. The predicted octanol–water partition coefficient (Wildman–Crippen LogP) is 0.997. The highest BCUT2D eigenvalue weighted by Gasteiger charge is 2.19. The summed E-state index contributed by atoms with van der Waals surface area (Å²) in [6.07, 6.45) is 1.92. The number of nitrogens with two attached hydrogens (primary N) is 1. The first-order chi connectivity index (χ1) is 6.75. The number of halogens is 1. The van der Waals surface area contributed by atoms with E-state index in [1.54, 1.807) is 6.07 Å². The number of piperidine rings is 1. The van der Waals surface area contributed by atoms with Crippen LogP contribution in [-0.2, 0) is 0 Å². The van der Waals surface area contributed by atoms with Gasteiger partial charge in [0.1, 0.15) is 24.1 Å². The van der Waals surface area contributed by atoms with Gasteiger partial charge in [-0.25, -0.2) is 14.4 Å². The number of alkyl halides is 1. The molecule has 4 nitrogen and oxygen atoms in total. The summed E-state index contributed by atoms with van der Waals surface area (Å²) in [5.74, 6) is 1.25. The molecule has 0 unspecified atom stereocenters. The minimum absolute atomic E-state index is 0.456. The van der Waals surface area contributed by atoms with E-state index >= 15 is 0 Å². The zero-order chi connectivity index (χ0) is 9.97. The molecule has 1 aromatic rings. The largest absolute Gasteiger partial charge is 0.384 e. The van der Waals surface area contributed by atoms with Crippen molar-refractivity contribution in [1.29, 1.82) is 0 Å². The SMILES string of the molecule is Nc1cc(N2CCC(F)CC2)ncn1. The zero-order valence-corrected chi connectivity index (χ0v) is 7.86. The Morgan fingerprint density at radius 3 is 2.71 bits per heavy atom. The van der Waals surface area contributed by atoms with Crippen molar-refractivity contribution in [3.05, 3.63) is 12.4 Å². The van der Waals surface area contributed by atoms with Crippen LogP contribution in [0.2, 0.25) is 0 Å². The molecule has 2 rings (SSSR count). The summed E-state index contributed by atoms with van der Waals surface area (Å²) >= 11 is 0. The van der Waals surface area contributed by atoms with Crippen LogP contribution in [0.5, 0.6) is 0 Å². The summed E-state index contributed by atoms with van der Waals surface area (Å²) in [5.41, 5.74) is 5.54. The first kappa shape index (κ1) is 9.18. The third-order valence-corrected chi connectivity index (χ3v) is 2.42. The maximum Gasteiger partial charge on any atom is 0.134 e. The van der Waals surface area contributed by atoms with Gasteiger partial charge in [-0.15, -0.1) is 0 Å². The summed E-state index contributed by atoms with van der Waals surface area (Å²) in [6.45, 7) is 1.41. The maximum absolute atomic E-state index is 12.9. The predicted molar refractivity (Wildman–Crippen MR) is 52.8 cm³/mol. The lowest BCUT2D eigenvalue weighted by molar-refractivity contribution is 0.276. The van der Waals surface area contributed by atoms with E-state index in [9.17, 15) is 4.39 Å². The normalized spacial score (nSPS) is 18.5. The van der Waals surface area contributed by atoms with Crippen LogP contribution in [-0.4, -0.2) is 29.2 Å². The Labute approximate surface area is 82.0 Å². The lowest BCUT2D eigenvalue weighted by Crippen LogP contribution is -2.34. The molecule has 1 aliphatic heterocycles. The van der Waals surface area contributed by atoms with Crippen molar-refractivity contribution < 1.29 is 4.39 Å². The quantitative estimate of drug-likeness (QED) is 0.728. The molecule has 0 spiro atoms. The summed E-state index contributed by atoms with van der Waals surface area (Å²) in [6, 6.07) is 1.72. The molecule has 1 aromatic heterocycles. The van der Waals surface area contributed by atoms with Crippen LogP contribution in [0.4, 0.5) is 16.0 Å². The van der Waals surface area contributed by atoms with Gasteiger partial charge in [-0.1, -0.05) is 0 Å². The summed E-state index contributed by atoms with van der Waals surface area (Å²) in [5, 5.41) is 0. The fraction of sp³-hybridized carbons (Fsp3) is 0.556. The fourth-order valence-electron chi connectivity index (χ4n) is 1.61. The smallest absolute Gasteiger partial charge is 0.134 e. The topological polar surface area (TPSA) is 55.0 Å². The number of aromatic nitrogens is 2. The number of anilines is 2. The Morgan fingerprint density at radius 1 is 1.36 bits per heavy atom. The molecular weight excluding hydrogens is 183 g/mol. The van der Waals surface area contributed by atoms with Crippen LogP contribution in [0.3, 0.4) is 0 Å². The van der Waals surface area contributed by atoms with Gasteiger partial charge in [-0.05, 0) is 12.8 Å². The van der Waals surface area contributed by atoms with Crippen LogP contribution in [0, 0.1) is 0 Å². The Bertz CT molecular complexity index is 309. The molecule has 0 radical (unpaired) electrons. The first-order valence-electron chi connectivity index (χ1n) is 4.72. The zero-order valence-electron chi connectivity index (χ0n) is 7.86. The number of nitrogens with zero attached hydrogens (tertiary/aromatic N) is 3. The van der Waals surface area contributed by atoms with E-state index in [1.807, 2.05) is 4.90 Å². The second-order valence-corrected chi connectivity index (χ2v) is 3.46. The molecule has 76 valence electrons. The molecule has 0 saturated carbocycles. The minimum Gasteiger partial charge on any atom is -0.384 e. The van der Waals surface area contributed by atoms with Crippen molar-refractivity contribution in [2.24, 2.45) is 0 Å². The van der Waals surface area contributed by atoms with E-state index in [2.05, 4.69) is 9.97 Å². The first-order valence-corrected chi connectivity index (χ1v) is 4.72. The number of hydrogen-bond donors (Lipinski definition) is 1. The van der Waals surface area contributed by atoms with Gasteiger partial charge < -0.3 is 10.6 Å². The van der Waals surface area contributed by atoms with Crippen molar-refractivity contribution >= 4 is 11.6 Å². The monoisotopic (exact) mass is 196 g/mol. The van der Waals surface area contributed by atoms with Gasteiger partial charge in [-0.2, -0.15) is 0 Å². The third kappa shape index (κ3) is 1.92. The van der Waals surface area contributed by atoms with Crippen molar-refractivity contribution in [1.82, 2.24) is 9.97 Å². The van der Waals surface area contributed by atoms with E-state index in [0.717, 1.165) is 5.82 Å². The van der Waals surface area contributed by atoms with Crippen LogP contribution >= 0.6 is 0 Å². The molecule has 2 N–H and O–H groups in total. The lowest BCUT2D eigenvalue weighted by Gasteiger charge is -2.29. The number of hydrogen-bond acceptors (Lipinski definition) is 4. The van der Waals surface area contributed by atoms with E-state index in [4.69, 9.17) is 5.73 Å². The molecule has 5 heteroatoms. The Morgan fingerprint density at radius 2 is 2.07 bits per heavy atom. The van der Waals surface area contributed by atoms with Gasteiger partial charge >= 0.3 is 0 Å². The molecule has 0 atom stereocenters. The highest BCUT2D eigenvalue weighted by molar-refractivity contribution is 5.46. The molecule has 1 fully saturated rings. The molecule has 1 saturated heterocycles. The molecule has 2 heterocycles. The molecule has 0 aliphatic carbocycles. The molecule has 0 amide bonds.